The Morgan fingerprint density at radius 3 is 2.93 bits per heavy atom. The fourth-order valence-corrected chi connectivity index (χ4v) is 1.71. The number of halogens is 1. The predicted molar refractivity (Wildman–Crippen MR) is 68.9 cm³/mol. The summed E-state index contributed by atoms with van der Waals surface area (Å²) in [6, 6.07) is 8.23. The van der Waals surface area contributed by atoms with Gasteiger partial charge in [-0.2, -0.15) is 0 Å². The smallest absolute Gasteiger partial charge is 0.119 e. The molecule has 0 atom stereocenters. The number of rotatable bonds is 5. The normalized spacial score (nSPS) is 11.5. The molecule has 15 heavy (non-hydrogen) atoms. The molecule has 0 bridgehead atoms. The fourth-order valence-electron chi connectivity index (χ4n) is 1.48. The minimum atomic E-state index is 0.931. The van der Waals surface area contributed by atoms with E-state index in [9.17, 15) is 0 Å². The van der Waals surface area contributed by atoms with E-state index in [4.69, 9.17) is 4.74 Å². The number of methoxy groups -OCH3 is 1. The lowest BCUT2D eigenvalue weighted by Crippen LogP contribution is -1.89. The quantitative estimate of drug-likeness (QED) is 0.580. The van der Waals surface area contributed by atoms with E-state index in [0.29, 0.717) is 0 Å². The van der Waals surface area contributed by atoms with Crippen LogP contribution in [0.25, 0.3) is 0 Å². The van der Waals surface area contributed by atoms with E-state index in [1.54, 1.807) is 7.11 Å². The highest BCUT2D eigenvalue weighted by Crippen LogP contribution is 2.15. The molecule has 0 fully saturated rings. The van der Waals surface area contributed by atoms with Gasteiger partial charge in [0, 0.05) is 5.33 Å². The zero-order valence-electron chi connectivity index (χ0n) is 9.29. The minimum Gasteiger partial charge on any atom is -0.497 e. The lowest BCUT2D eigenvalue weighted by Gasteiger charge is -2.04. The van der Waals surface area contributed by atoms with Gasteiger partial charge in [-0.1, -0.05) is 39.7 Å². The topological polar surface area (TPSA) is 9.23 Å². The highest BCUT2D eigenvalue weighted by Gasteiger charge is 1.96. The van der Waals surface area contributed by atoms with Crippen molar-refractivity contribution in [2.45, 2.75) is 19.8 Å². The van der Waals surface area contributed by atoms with E-state index in [2.05, 4.69) is 41.1 Å². The predicted octanol–water partition coefficient (Wildman–Crippen LogP) is 3.97. The Labute approximate surface area is 100 Å². The molecule has 0 spiro atoms. The van der Waals surface area contributed by atoms with Crippen molar-refractivity contribution >= 4 is 15.9 Å². The van der Waals surface area contributed by atoms with Crippen LogP contribution in [-0.2, 0) is 6.42 Å². The van der Waals surface area contributed by atoms with Crippen LogP contribution in [0.1, 0.15) is 18.9 Å². The third kappa shape index (κ3) is 4.52. The number of alkyl halides is 1. The maximum Gasteiger partial charge on any atom is 0.119 e. The summed E-state index contributed by atoms with van der Waals surface area (Å²) < 4.78 is 5.19. The van der Waals surface area contributed by atoms with Crippen LogP contribution in [0, 0.1) is 0 Å². The van der Waals surface area contributed by atoms with Crippen molar-refractivity contribution in [2.24, 2.45) is 0 Å². The lowest BCUT2D eigenvalue weighted by molar-refractivity contribution is 0.414. The van der Waals surface area contributed by atoms with Crippen LogP contribution in [0.2, 0.25) is 0 Å². The summed E-state index contributed by atoms with van der Waals surface area (Å²) in [6.45, 7) is 2.17. The second kappa shape index (κ2) is 6.67. The molecule has 1 aromatic carbocycles. The zero-order chi connectivity index (χ0) is 11.1. The third-order valence-corrected chi connectivity index (χ3v) is 2.68. The van der Waals surface area contributed by atoms with Gasteiger partial charge < -0.3 is 4.74 Å². The first kappa shape index (κ1) is 12.3. The van der Waals surface area contributed by atoms with Crippen molar-refractivity contribution in [3.8, 4) is 5.75 Å². The Bertz CT molecular complexity index is 331. The molecule has 0 aliphatic carbocycles. The van der Waals surface area contributed by atoms with Crippen molar-refractivity contribution in [3.63, 3.8) is 0 Å². The van der Waals surface area contributed by atoms with Crippen LogP contribution in [0.5, 0.6) is 5.75 Å². The van der Waals surface area contributed by atoms with E-state index < -0.39 is 0 Å². The Morgan fingerprint density at radius 1 is 1.47 bits per heavy atom. The molecule has 82 valence electrons. The molecule has 0 aliphatic rings. The van der Waals surface area contributed by atoms with Gasteiger partial charge in [-0.15, -0.1) is 0 Å². The van der Waals surface area contributed by atoms with Crippen molar-refractivity contribution in [1.82, 2.24) is 0 Å². The Balaban J connectivity index is 2.63. The van der Waals surface area contributed by atoms with E-state index in [1.165, 1.54) is 11.1 Å². The van der Waals surface area contributed by atoms with Gasteiger partial charge in [-0.05, 0) is 37.5 Å². The fraction of sp³-hybridized carbons (Fsp3) is 0.385. The van der Waals surface area contributed by atoms with Crippen molar-refractivity contribution in [1.29, 1.82) is 0 Å². The average molecular weight is 269 g/mol. The lowest BCUT2D eigenvalue weighted by atomic mass is 10.1. The average Bonchev–Trinajstić information content (AvgIpc) is 2.26. The van der Waals surface area contributed by atoms with Gasteiger partial charge >= 0.3 is 0 Å². The molecule has 0 radical (unpaired) electrons. The maximum absolute atomic E-state index is 5.19. The van der Waals surface area contributed by atoms with Crippen molar-refractivity contribution in [3.05, 3.63) is 41.5 Å². The summed E-state index contributed by atoms with van der Waals surface area (Å²) >= 11 is 3.42. The van der Waals surface area contributed by atoms with Crippen LogP contribution >= 0.6 is 15.9 Å². The van der Waals surface area contributed by atoms with E-state index in [-0.39, 0.29) is 0 Å². The molecular formula is C13H17BrO. The maximum atomic E-state index is 5.19. The number of benzene rings is 1. The van der Waals surface area contributed by atoms with Gasteiger partial charge in [0.25, 0.3) is 0 Å². The number of allylic oxidation sites excluding steroid dienone is 2. The largest absolute Gasteiger partial charge is 0.497 e. The summed E-state index contributed by atoms with van der Waals surface area (Å²) in [5.41, 5.74) is 2.71. The molecule has 1 aromatic rings. The van der Waals surface area contributed by atoms with Crippen molar-refractivity contribution in [2.75, 3.05) is 12.4 Å². The molecule has 1 nitrogen and oxygen atoms in total. The SMILES string of the molecule is COc1cccc(CC(C)=CCCBr)c1. The summed E-state index contributed by atoms with van der Waals surface area (Å²) in [6.07, 6.45) is 4.37. The van der Waals surface area contributed by atoms with Gasteiger partial charge in [-0.3, -0.25) is 0 Å². The van der Waals surface area contributed by atoms with Crippen LogP contribution in [0.15, 0.2) is 35.9 Å². The molecule has 0 heterocycles. The Morgan fingerprint density at radius 2 is 2.27 bits per heavy atom. The molecule has 0 saturated carbocycles. The van der Waals surface area contributed by atoms with Gasteiger partial charge in [-0.25, -0.2) is 0 Å². The van der Waals surface area contributed by atoms with E-state index in [0.717, 1.165) is 23.9 Å². The highest BCUT2D eigenvalue weighted by atomic mass is 79.9. The minimum absolute atomic E-state index is 0.931. The molecule has 0 unspecified atom stereocenters. The summed E-state index contributed by atoms with van der Waals surface area (Å²) in [5.74, 6) is 0.931. The van der Waals surface area contributed by atoms with Gasteiger partial charge in [0.1, 0.15) is 5.75 Å². The van der Waals surface area contributed by atoms with Gasteiger partial charge in [0.05, 0.1) is 7.11 Å². The molecule has 0 aliphatic heterocycles. The third-order valence-electron chi connectivity index (χ3n) is 2.22. The molecule has 0 saturated heterocycles. The van der Waals surface area contributed by atoms with E-state index >= 15 is 0 Å². The van der Waals surface area contributed by atoms with Crippen LogP contribution in [0.3, 0.4) is 0 Å². The zero-order valence-corrected chi connectivity index (χ0v) is 10.9. The first-order valence-corrected chi connectivity index (χ1v) is 6.23. The molecule has 0 aromatic heterocycles. The molecule has 1 rings (SSSR count). The van der Waals surface area contributed by atoms with Gasteiger partial charge in [0.15, 0.2) is 0 Å². The monoisotopic (exact) mass is 268 g/mol. The number of hydrogen-bond donors (Lipinski definition) is 0. The molecule has 0 amide bonds. The number of hydrogen-bond acceptors (Lipinski definition) is 1. The van der Waals surface area contributed by atoms with Gasteiger partial charge in [0.2, 0.25) is 0 Å². The standard InChI is InChI=1S/C13H17BrO/c1-11(5-4-8-14)9-12-6-3-7-13(10-12)15-2/h3,5-7,10H,4,8-9H2,1-2H3. The first-order valence-electron chi connectivity index (χ1n) is 5.11. The first-order chi connectivity index (χ1) is 7.26. The molecular weight excluding hydrogens is 252 g/mol. The molecule has 0 N–H and O–H groups in total. The van der Waals surface area contributed by atoms with Crippen LogP contribution in [0.4, 0.5) is 0 Å². The Kier molecular flexibility index (Phi) is 5.48. The van der Waals surface area contributed by atoms with Crippen LogP contribution in [-0.4, -0.2) is 12.4 Å². The number of ether oxygens (including phenoxy) is 1. The summed E-state index contributed by atoms with van der Waals surface area (Å²) in [7, 11) is 1.70. The van der Waals surface area contributed by atoms with Crippen molar-refractivity contribution < 1.29 is 4.74 Å². The second-order valence-electron chi connectivity index (χ2n) is 3.56. The Hall–Kier alpha value is -0.760. The van der Waals surface area contributed by atoms with E-state index in [1.807, 2.05) is 12.1 Å². The molecule has 2 heteroatoms. The van der Waals surface area contributed by atoms with Crippen LogP contribution < -0.4 is 4.74 Å². The summed E-state index contributed by atoms with van der Waals surface area (Å²) in [5, 5.41) is 1.03. The second-order valence-corrected chi connectivity index (χ2v) is 4.35. The highest BCUT2D eigenvalue weighted by molar-refractivity contribution is 9.09. The summed E-state index contributed by atoms with van der Waals surface area (Å²) in [4.78, 5) is 0.